The second-order valence-electron chi connectivity index (χ2n) is 8.01. The van der Waals surface area contributed by atoms with E-state index in [9.17, 15) is 14.4 Å². The van der Waals surface area contributed by atoms with Crippen LogP contribution in [0.25, 0.3) is 32.0 Å². The Hall–Kier alpha value is -4.04. The summed E-state index contributed by atoms with van der Waals surface area (Å²) in [6, 6.07) is 16.7. The number of carbonyl (C=O) groups excluding carboxylic acids is 2. The smallest absolute Gasteiger partial charge is 0.349 e. The summed E-state index contributed by atoms with van der Waals surface area (Å²) < 4.78 is 12.8. The van der Waals surface area contributed by atoms with Crippen LogP contribution in [-0.4, -0.2) is 23.6 Å². The van der Waals surface area contributed by atoms with Gasteiger partial charge >= 0.3 is 11.6 Å². The summed E-state index contributed by atoms with van der Waals surface area (Å²) in [7, 11) is 1.30. The van der Waals surface area contributed by atoms with Crippen molar-refractivity contribution < 1.29 is 18.7 Å². The predicted octanol–water partition coefficient (Wildman–Crippen LogP) is 4.49. The summed E-state index contributed by atoms with van der Waals surface area (Å²) in [6.07, 6.45) is 0. The zero-order valence-electron chi connectivity index (χ0n) is 18.7. The van der Waals surface area contributed by atoms with Gasteiger partial charge in [0.15, 0.2) is 4.80 Å². The zero-order valence-corrected chi connectivity index (χ0v) is 19.6. The molecule has 2 heterocycles. The molecule has 0 atom stereocenters. The van der Waals surface area contributed by atoms with E-state index in [1.165, 1.54) is 24.5 Å². The first-order chi connectivity index (χ1) is 16.4. The second kappa shape index (κ2) is 8.39. The number of carbonyl (C=O) groups is 2. The molecule has 5 aromatic rings. The molecular formula is C26H20N2O5S. The van der Waals surface area contributed by atoms with Crippen molar-refractivity contribution in [1.82, 2.24) is 4.57 Å². The standard InChI is InChI=1S/C26H20N2O5S/c1-14-10-20-22(11-15(14)2)34-26(28(20)13-23(29)32-3)27-24(30)19-12-18-17-7-5-4-6-16(17)8-9-21(18)33-25(19)31/h4-12H,13H2,1-3H3. The van der Waals surface area contributed by atoms with Crippen LogP contribution in [0, 0.1) is 13.8 Å². The van der Waals surface area contributed by atoms with E-state index in [-0.39, 0.29) is 12.1 Å². The number of thiazole rings is 1. The maximum absolute atomic E-state index is 13.2. The number of hydrogen-bond acceptors (Lipinski definition) is 6. The highest BCUT2D eigenvalue weighted by molar-refractivity contribution is 7.16. The normalized spacial score (nSPS) is 12.0. The van der Waals surface area contributed by atoms with Crippen LogP contribution in [-0.2, 0) is 16.1 Å². The van der Waals surface area contributed by atoms with Gasteiger partial charge in [0.05, 0.1) is 17.3 Å². The number of nitrogens with zero attached hydrogens (tertiary/aromatic N) is 2. The largest absolute Gasteiger partial charge is 0.468 e. The van der Waals surface area contributed by atoms with Crippen LogP contribution in [0.2, 0.25) is 0 Å². The van der Waals surface area contributed by atoms with Gasteiger partial charge in [-0.1, -0.05) is 41.7 Å². The van der Waals surface area contributed by atoms with E-state index in [2.05, 4.69) is 4.99 Å². The van der Waals surface area contributed by atoms with Gasteiger partial charge < -0.3 is 13.7 Å². The van der Waals surface area contributed by atoms with E-state index >= 15 is 0 Å². The molecule has 0 unspecified atom stereocenters. The maximum Gasteiger partial charge on any atom is 0.349 e. The van der Waals surface area contributed by atoms with E-state index in [1.54, 1.807) is 10.6 Å². The summed E-state index contributed by atoms with van der Waals surface area (Å²) in [4.78, 5) is 42.4. The highest BCUT2D eigenvalue weighted by atomic mass is 32.1. The Morgan fingerprint density at radius 2 is 1.79 bits per heavy atom. The van der Waals surface area contributed by atoms with E-state index < -0.39 is 17.5 Å². The molecule has 0 N–H and O–H groups in total. The second-order valence-corrected chi connectivity index (χ2v) is 9.02. The van der Waals surface area contributed by atoms with Crippen molar-refractivity contribution in [2.75, 3.05) is 7.11 Å². The SMILES string of the molecule is COC(=O)Cn1c(=NC(=O)c2cc3c(ccc4ccccc43)oc2=O)sc2cc(C)c(C)cc21. The number of aryl methyl sites for hydroxylation is 2. The van der Waals surface area contributed by atoms with Gasteiger partial charge in [-0.05, 0) is 60.0 Å². The minimum atomic E-state index is -0.760. The Bertz CT molecular complexity index is 1760. The molecule has 3 aromatic carbocycles. The number of esters is 1. The topological polar surface area (TPSA) is 90.9 Å². The minimum absolute atomic E-state index is 0.109. The van der Waals surface area contributed by atoms with Crippen molar-refractivity contribution in [3.8, 4) is 0 Å². The van der Waals surface area contributed by atoms with Gasteiger partial charge in [-0.2, -0.15) is 4.99 Å². The fourth-order valence-electron chi connectivity index (χ4n) is 3.92. The van der Waals surface area contributed by atoms with Gasteiger partial charge in [0, 0.05) is 5.39 Å². The molecule has 170 valence electrons. The molecule has 0 spiro atoms. The Morgan fingerprint density at radius 3 is 2.59 bits per heavy atom. The molecule has 0 saturated heterocycles. The number of rotatable bonds is 3. The molecule has 34 heavy (non-hydrogen) atoms. The third-order valence-corrected chi connectivity index (χ3v) is 6.92. The molecule has 0 saturated carbocycles. The van der Waals surface area contributed by atoms with E-state index in [4.69, 9.17) is 9.15 Å². The Balaban J connectivity index is 1.71. The summed E-state index contributed by atoms with van der Waals surface area (Å²) >= 11 is 1.27. The van der Waals surface area contributed by atoms with Gasteiger partial charge in [0.2, 0.25) is 0 Å². The van der Waals surface area contributed by atoms with Crippen LogP contribution in [0.1, 0.15) is 21.5 Å². The lowest BCUT2D eigenvalue weighted by Gasteiger charge is -2.06. The lowest BCUT2D eigenvalue weighted by atomic mass is 10.0. The van der Waals surface area contributed by atoms with Crippen molar-refractivity contribution in [1.29, 1.82) is 0 Å². The van der Waals surface area contributed by atoms with Crippen molar-refractivity contribution in [2.45, 2.75) is 20.4 Å². The molecule has 5 rings (SSSR count). The molecule has 0 aliphatic heterocycles. The van der Waals surface area contributed by atoms with E-state index in [0.29, 0.717) is 15.8 Å². The molecule has 7 nitrogen and oxygen atoms in total. The quantitative estimate of drug-likeness (QED) is 0.219. The van der Waals surface area contributed by atoms with Gasteiger partial charge in [-0.3, -0.25) is 9.59 Å². The van der Waals surface area contributed by atoms with Crippen molar-refractivity contribution in [3.63, 3.8) is 0 Å². The first-order valence-electron chi connectivity index (χ1n) is 10.6. The summed E-state index contributed by atoms with van der Waals surface area (Å²) in [5.41, 5.74) is 2.36. The highest BCUT2D eigenvalue weighted by Crippen LogP contribution is 2.25. The summed E-state index contributed by atoms with van der Waals surface area (Å²) in [6.45, 7) is 3.86. The number of ether oxygens (including phenoxy) is 1. The van der Waals surface area contributed by atoms with Crippen LogP contribution >= 0.6 is 11.3 Å². The number of amides is 1. The number of hydrogen-bond donors (Lipinski definition) is 0. The molecule has 8 heteroatoms. The first-order valence-corrected chi connectivity index (χ1v) is 11.4. The fourth-order valence-corrected chi connectivity index (χ4v) is 5.03. The monoisotopic (exact) mass is 472 g/mol. The van der Waals surface area contributed by atoms with Gasteiger partial charge in [0.25, 0.3) is 5.91 Å². The van der Waals surface area contributed by atoms with Crippen LogP contribution < -0.4 is 10.4 Å². The lowest BCUT2D eigenvalue weighted by Crippen LogP contribution is -2.23. The Kier molecular flexibility index (Phi) is 5.37. The maximum atomic E-state index is 13.2. The summed E-state index contributed by atoms with van der Waals surface area (Å²) in [5.74, 6) is -1.20. The average Bonchev–Trinajstić information content (AvgIpc) is 3.13. The highest BCUT2D eigenvalue weighted by Gasteiger charge is 2.17. The minimum Gasteiger partial charge on any atom is -0.468 e. The van der Waals surface area contributed by atoms with Crippen LogP contribution in [0.5, 0.6) is 0 Å². The molecule has 0 aliphatic rings. The summed E-state index contributed by atoms with van der Waals surface area (Å²) in [5, 5.41) is 2.48. The predicted molar refractivity (Wildman–Crippen MR) is 131 cm³/mol. The molecule has 2 aromatic heterocycles. The van der Waals surface area contributed by atoms with Gasteiger partial charge in [0.1, 0.15) is 17.7 Å². The average molecular weight is 473 g/mol. The Morgan fingerprint density at radius 1 is 1.03 bits per heavy atom. The first kappa shape index (κ1) is 21.8. The third-order valence-electron chi connectivity index (χ3n) is 5.88. The van der Waals surface area contributed by atoms with Crippen molar-refractivity contribution >= 4 is 55.2 Å². The van der Waals surface area contributed by atoms with Crippen molar-refractivity contribution in [2.24, 2.45) is 4.99 Å². The van der Waals surface area contributed by atoms with E-state index in [0.717, 1.165) is 32.1 Å². The van der Waals surface area contributed by atoms with Crippen LogP contribution in [0.3, 0.4) is 0 Å². The zero-order chi connectivity index (χ0) is 24.0. The van der Waals surface area contributed by atoms with E-state index in [1.807, 2.05) is 56.3 Å². The molecule has 0 bridgehead atoms. The third kappa shape index (κ3) is 3.72. The molecule has 0 fully saturated rings. The molecule has 1 amide bonds. The van der Waals surface area contributed by atoms with Crippen LogP contribution in [0.15, 0.2) is 68.8 Å². The lowest BCUT2D eigenvalue weighted by molar-refractivity contribution is -0.141. The van der Waals surface area contributed by atoms with Crippen LogP contribution in [0.4, 0.5) is 0 Å². The number of methoxy groups -OCH3 is 1. The molecule has 0 radical (unpaired) electrons. The van der Waals surface area contributed by atoms with Gasteiger partial charge in [-0.25, -0.2) is 4.79 Å². The van der Waals surface area contributed by atoms with Gasteiger partial charge in [-0.15, -0.1) is 0 Å². The number of fused-ring (bicyclic) bond motifs is 4. The number of aromatic nitrogens is 1. The number of benzene rings is 3. The van der Waals surface area contributed by atoms with Crippen molar-refractivity contribution in [3.05, 3.63) is 86.5 Å². The fraction of sp³-hybridized carbons (Fsp3) is 0.154. The Labute approximate surface area is 197 Å². The molecule has 0 aliphatic carbocycles. The molecular weight excluding hydrogens is 452 g/mol.